The predicted octanol–water partition coefficient (Wildman–Crippen LogP) is 0.571. The van der Waals surface area contributed by atoms with Gasteiger partial charge in [-0.2, -0.15) is 4.31 Å². The summed E-state index contributed by atoms with van der Waals surface area (Å²) in [6, 6.07) is -0.0627. The fourth-order valence-corrected chi connectivity index (χ4v) is 3.19. The zero-order chi connectivity index (χ0) is 13.8. The van der Waals surface area contributed by atoms with Crippen LogP contribution in [0.2, 0.25) is 0 Å². The quantitative estimate of drug-likeness (QED) is 0.580. The van der Waals surface area contributed by atoms with E-state index in [1.165, 1.54) is 16.7 Å². The SMILES string of the molecule is CCC(C)N(CC)S(=O)(=O)c1cnc(NN)nc1. The summed E-state index contributed by atoms with van der Waals surface area (Å²) in [5.74, 6) is 5.31. The molecule has 102 valence electrons. The van der Waals surface area contributed by atoms with Crippen molar-refractivity contribution in [3.63, 3.8) is 0 Å². The van der Waals surface area contributed by atoms with Crippen molar-refractivity contribution >= 4 is 16.0 Å². The van der Waals surface area contributed by atoms with Gasteiger partial charge in [0.1, 0.15) is 4.90 Å². The molecule has 1 unspecified atom stereocenters. The molecule has 1 heterocycles. The van der Waals surface area contributed by atoms with Gasteiger partial charge in [0.15, 0.2) is 0 Å². The molecule has 0 aliphatic rings. The molecule has 1 rings (SSSR count). The van der Waals surface area contributed by atoms with Crippen molar-refractivity contribution in [2.24, 2.45) is 5.84 Å². The van der Waals surface area contributed by atoms with E-state index >= 15 is 0 Å². The molecule has 0 aliphatic carbocycles. The number of anilines is 1. The highest BCUT2D eigenvalue weighted by Crippen LogP contribution is 2.18. The van der Waals surface area contributed by atoms with E-state index < -0.39 is 10.0 Å². The van der Waals surface area contributed by atoms with E-state index in [9.17, 15) is 8.42 Å². The van der Waals surface area contributed by atoms with Crippen LogP contribution in [0.3, 0.4) is 0 Å². The van der Waals surface area contributed by atoms with Gasteiger partial charge < -0.3 is 0 Å². The molecule has 0 radical (unpaired) electrons. The highest BCUT2D eigenvalue weighted by Gasteiger charge is 2.27. The lowest BCUT2D eigenvalue weighted by atomic mass is 10.3. The van der Waals surface area contributed by atoms with Crippen LogP contribution >= 0.6 is 0 Å². The van der Waals surface area contributed by atoms with Crippen LogP contribution in [0, 0.1) is 0 Å². The van der Waals surface area contributed by atoms with E-state index in [1.807, 2.05) is 13.8 Å². The summed E-state index contributed by atoms with van der Waals surface area (Å²) in [5, 5.41) is 0. The minimum Gasteiger partial charge on any atom is -0.292 e. The third-order valence-electron chi connectivity index (χ3n) is 2.76. The van der Waals surface area contributed by atoms with Crippen LogP contribution in [0.1, 0.15) is 27.2 Å². The number of aromatic nitrogens is 2. The first-order chi connectivity index (χ1) is 8.47. The molecular weight excluding hydrogens is 254 g/mol. The molecule has 0 bridgehead atoms. The number of hydrogen-bond donors (Lipinski definition) is 2. The minimum absolute atomic E-state index is 0.0627. The Bertz CT molecular complexity index is 474. The summed E-state index contributed by atoms with van der Waals surface area (Å²) in [5.41, 5.74) is 2.25. The van der Waals surface area contributed by atoms with Crippen LogP contribution in [-0.2, 0) is 10.0 Å². The Labute approximate surface area is 107 Å². The number of nitrogen functional groups attached to an aromatic ring is 1. The van der Waals surface area contributed by atoms with E-state index in [1.54, 1.807) is 6.92 Å². The second-order valence-electron chi connectivity index (χ2n) is 3.85. The first kappa shape index (κ1) is 14.8. The number of nitrogens with zero attached hydrogens (tertiary/aromatic N) is 3. The Morgan fingerprint density at radius 2 is 1.94 bits per heavy atom. The lowest BCUT2D eigenvalue weighted by Gasteiger charge is -2.25. The van der Waals surface area contributed by atoms with Gasteiger partial charge in [0.25, 0.3) is 0 Å². The summed E-state index contributed by atoms with van der Waals surface area (Å²) in [6.07, 6.45) is 3.25. The molecule has 18 heavy (non-hydrogen) atoms. The smallest absolute Gasteiger partial charge is 0.246 e. The van der Waals surface area contributed by atoms with Gasteiger partial charge in [-0.3, -0.25) is 5.43 Å². The average molecular weight is 273 g/mol. The van der Waals surface area contributed by atoms with Crippen molar-refractivity contribution in [2.45, 2.75) is 38.1 Å². The summed E-state index contributed by atoms with van der Waals surface area (Å²) in [4.78, 5) is 7.70. The molecule has 1 aromatic rings. The summed E-state index contributed by atoms with van der Waals surface area (Å²) in [6.45, 7) is 6.03. The minimum atomic E-state index is -3.55. The van der Waals surface area contributed by atoms with Crippen molar-refractivity contribution in [1.82, 2.24) is 14.3 Å². The Balaban J connectivity index is 3.10. The molecule has 0 saturated carbocycles. The molecule has 0 fully saturated rings. The molecule has 0 amide bonds. The van der Waals surface area contributed by atoms with Gasteiger partial charge in [0.05, 0.1) is 12.4 Å². The van der Waals surface area contributed by atoms with Crippen LogP contribution < -0.4 is 11.3 Å². The van der Waals surface area contributed by atoms with Gasteiger partial charge in [0.2, 0.25) is 16.0 Å². The second kappa shape index (κ2) is 6.07. The largest absolute Gasteiger partial charge is 0.292 e. The van der Waals surface area contributed by atoms with Crippen molar-refractivity contribution in [3.05, 3.63) is 12.4 Å². The van der Waals surface area contributed by atoms with E-state index in [4.69, 9.17) is 5.84 Å². The third kappa shape index (κ3) is 2.95. The van der Waals surface area contributed by atoms with Crippen LogP contribution in [0.15, 0.2) is 17.3 Å². The molecule has 7 nitrogen and oxygen atoms in total. The molecule has 0 spiro atoms. The van der Waals surface area contributed by atoms with E-state index in [2.05, 4.69) is 15.4 Å². The fourth-order valence-electron chi connectivity index (χ4n) is 1.58. The van der Waals surface area contributed by atoms with Crippen molar-refractivity contribution < 1.29 is 8.42 Å². The van der Waals surface area contributed by atoms with Crippen LogP contribution in [0.25, 0.3) is 0 Å². The van der Waals surface area contributed by atoms with Gasteiger partial charge in [-0.1, -0.05) is 13.8 Å². The topological polar surface area (TPSA) is 101 Å². The lowest BCUT2D eigenvalue weighted by molar-refractivity contribution is 0.342. The van der Waals surface area contributed by atoms with Crippen LogP contribution in [0.4, 0.5) is 5.95 Å². The second-order valence-corrected chi connectivity index (χ2v) is 5.74. The zero-order valence-corrected chi connectivity index (χ0v) is 11.6. The Morgan fingerprint density at radius 1 is 1.39 bits per heavy atom. The number of nitrogens with one attached hydrogen (secondary N) is 1. The first-order valence-electron chi connectivity index (χ1n) is 5.77. The van der Waals surface area contributed by atoms with Crippen molar-refractivity contribution in [3.8, 4) is 0 Å². The molecule has 8 heteroatoms. The molecular formula is C10H19N5O2S. The third-order valence-corrected chi connectivity index (χ3v) is 4.80. The maximum absolute atomic E-state index is 12.4. The van der Waals surface area contributed by atoms with Gasteiger partial charge in [-0.15, -0.1) is 0 Å². The van der Waals surface area contributed by atoms with Gasteiger partial charge in [-0.25, -0.2) is 24.2 Å². The number of hydrazine groups is 1. The maximum atomic E-state index is 12.4. The van der Waals surface area contributed by atoms with Crippen LogP contribution in [-0.4, -0.2) is 35.3 Å². The van der Waals surface area contributed by atoms with E-state index in [0.29, 0.717) is 6.54 Å². The highest BCUT2D eigenvalue weighted by molar-refractivity contribution is 7.89. The predicted molar refractivity (Wildman–Crippen MR) is 69.2 cm³/mol. The molecule has 1 aromatic heterocycles. The van der Waals surface area contributed by atoms with Gasteiger partial charge >= 0.3 is 0 Å². The molecule has 0 aliphatic heterocycles. The molecule has 1 atom stereocenters. The summed E-state index contributed by atoms with van der Waals surface area (Å²) in [7, 11) is -3.55. The van der Waals surface area contributed by atoms with Gasteiger partial charge in [-0.05, 0) is 13.3 Å². The molecule has 0 saturated heterocycles. The summed E-state index contributed by atoms with van der Waals surface area (Å²) < 4.78 is 26.1. The Morgan fingerprint density at radius 3 is 2.33 bits per heavy atom. The number of hydrogen-bond acceptors (Lipinski definition) is 6. The normalized spacial score (nSPS) is 13.6. The number of nitrogens with two attached hydrogens (primary N) is 1. The molecule has 3 N–H and O–H groups in total. The van der Waals surface area contributed by atoms with Gasteiger partial charge in [0, 0.05) is 12.6 Å². The number of sulfonamides is 1. The van der Waals surface area contributed by atoms with Crippen LogP contribution in [0.5, 0.6) is 0 Å². The van der Waals surface area contributed by atoms with E-state index in [-0.39, 0.29) is 16.9 Å². The fraction of sp³-hybridized carbons (Fsp3) is 0.600. The Kier molecular flexibility index (Phi) is 5.00. The molecule has 0 aromatic carbocycles. The number of rotatable bonds is 6. The monoisotopic (exact) mass is 273 g/mol. The Hall–Kier alpha value is -1.25. The standard InChI is InChI=1S/C10H19N5O2S/c1-4-8(3)15(5-2)18(16,17)9-6-12-10(14-11)13-7-9/h6-8H,4-5,11H2,1-3H3,(H,12,13,14). The summed E-state index contributed by atoms with van der Waals surface area (Å²) >= 11 is 0. The first-order valence-corrected chi connectivity index (χ1v) is 7.21. The maximum Gasteiger partial charge on any atom is 0.246 e. The van der Waals surface area contributed by atoms with E-state index in [0.717, 1.165) is 6.42 Å². The zero-order valence-electron chi connectivity index (χ0n) is 10.8. The average Bonchev–Trinajstić information content (AvgIpc) is 2.39. The highest BCUT2D eigenvalue weighted by atomic mass is 32.2. The van der Waals surface area contributed by atoms with Crippen molar-refractivity contribution in [1.29, 1.82) is 0 Å². The van der Waals surface area contributed by atoms with Crippen molar-refractivity contribution in [2.75, 3.05) is 12.0 Å². The lowest BCUT2D eigenvalue weighted by Crippen LogP contribution is -2.38.